The number of anilines is 1. The van der Waals surface area contributed by atoms with Crippen LogP contribution in [-0.4, -0.2) is 19.1 Å². The fourth-order valence-corrected chi connectivity index (χ4v) is 1.81. The van der Waals surface area contributed by atoms with Crippen molar-refractivity contribution in [2.75, 3.05) is 18.5 Å². The Bertz CT molecular complexity index is 350. The zero-order valence-electron chi connectivity index (χ0n) is 11.2. The van der Waals surface area contributed by atoms with Crippen molar-refractivity contribution in [2.45, 2.75) is 39.7 Å². The minimum absolute atomic E-state index is 0.0904. The third-order valence-corrected chi connectivity index (χ3v) is 2.86. The molecule has 16 heavy (non-hydrogen) atoms. The van der Waals surface area contributed by atoms with E-state index in [4.69, 9.17) is 5.73 Å². The van der Waals surface area contributed by atoms with E-state index in [1.807, 2.05) is 0 Å². The Hall–Kier alpha value is -1.02. The van der Waals surface area contributed by atoms with Gasteiger partial charge in [-0.25, -0.2) is 0 Å². The van der Waals surface area contributed by atoms with Gasteiger partial charge in [-0.2, -0.15) is 0 Å². The quantitative estimate of drug-likeness (QED) is 0.845. The van der Waals surface area contributed by atoms with E-state index in [1.54, 1.807) is 0 Å². The minimum Gasteiger partial charge on any atom is -0.374 e. The van der Waals surface area contributed by atoms with Crippen molar-refractivity contribution in [1.82, 2.24) is 0 Å². The monoisotopic (exact) mass is 220 g/mol. The molecule has 0 spiro atoms. The lowest BCUT2D eigenvalue weighted by Gasteiger charge is -2.26. The van der Waals surface area contributed by atoms with Crippen molar-refractivity contribution in [3.63, 3.8) is 0 Å². The van der Waals surface area contributed by atoms with E-state index < -0.39 is 0 Å². The van der Waals surface area contributed by atoms with E-state index >= 15 is 0 Å². The summed E-state index contributed by atoms with van der Waals surface area (Å²) in [4.78, 5) is 2.28. The maximum Gasteiger partial charge on any atom is 0.0393 e. The Morgan fingerprint density at radius 2 is 1.88 bits per heavy atom. The van der Waals surface area contributed by atoms with Crippen molar-refractivity contribution in [3.8, 4) is 0 Å². The van der Waals surface area contributed by atoms with Crippen molar-refractivity contribution < 1.29 is 0 Å². The van der Waals surface area contributed by atoms with Crippen LogP contribution in [-0.2, 0) is 0 Å². The van der Waals surface area contributed by atoms with Gasteiger partial charge in [-0.15, -0.1) is 0 Å². The molecule has 0 saturated carbocycles. The van der Waals surface area contributed by atoms with Gasteiger partial charge in [0.05, 0.1) is 0 Å². The van der Waals surface area contributed by atoms with Crippen molar-refractivity contribution in [3.05, 3.63) is 29.3 Å². The summed E-state index contributed by atoms with van der Waals surface area (Å²) >= 11 is 0. The molecular formula is C14H24N2. The van der Waals surface area contributed by atoms with Crippen LogP contribution in [0.5, 0.6) is 0 Å². The number of nitrogens with two attached hydrogens (primary N) is 1. The second-order valence-electron chi connectivity index (χ2n) is 5.45. The molecule has 2 heteroatoms. The van der Waals surface area contributed by atoms with Gasteiger partial charge in [-0.3, -0.25) is 0 Å². The predicted molar refractivity (Wildman–Crippen MR) is 72.1 cm³/mol. The lowest BCUT2D eigenvalue weighted by atomic mass is 10.0. The van der Waals surface area contributed by atoms with Crippen molar-refractivity contribution in [1.29, 1.82) is 0 Å². The number of nitrogens with zero attached hydrogens (tertiary/aromatic N) is 1. The molecule has 1 aromatic carbocycles. The Morgan fingerprint density at radius 1 is 1.25 bits per heavy atom. The molecule has 0 amide bonds. The SMILES string of the molecule is Cc1ccc(N(C)CCC(C)(C)N)c(C)c1. The first-order chi connectivity index (χ1) is 7.29. The summed E-state index contributed by atoms with van der Waals surface area (Å²) in [6.07, 6.45) is 0.997. The molecule has 0 aliphatic heterocycles. The third-order valence-electron chi connectivity index (χ3n) is 2.86. The average molecular weight is 220 g/mol. The van der Waals surface area contributed by atoms with E-state index in [-0.39, 0.29) is 5.54 Å². The molecule has 0 atom stereocenters. The van der Waals surface area contributed by atoms with Crippen LogP contribution in [0.1, 0.15) is 31.4 Å². The van der Waals surface area contributed by atoms with Gasteiger partial charge in [0, 0.05) is 24.8 Å². The fraction of sp³-hybridized carbons (Fsp3) is 0.571. The highest BCUT2D eigenvalue weighted by Crippen LogP contribution is 2.20. The number of hydrogen-bond donors (Lipinski definition) is 1. The lowest BCUT2D eigenvalue weighted by Crippen LogP contribution is -2.36. The van der Waals surface area contributed by atoms with E-state index in [0.717, 1.165) is 13.0 Å². The van der Waals surface area contributed by atoms with Crippen LogP contribution in [0.2, 0.25) is 0 Å². The van der Waals surface area contributed by atoms with Gasteiger partial charge in [0.25, 0.3) is 0 Å². The zero-order valence-corrected chi connectivity index (χ0v) is 11.2. The second kappa shape index (κ2) is 4.88. The summed E-state index contributed by atoms with van der Waals surface area (Å²) in [7, 11) is 2.13. The summed E-state index contributed by atoms with van der Waals surface area (Å²) in [6, 6.07) is 6.57. The first-order valence-electron chi connectivity index (χ1n) is 5.87. The van der Waals surface area contributed by atoms with Gasteiger partial charge in [-0.1, -0.05) is 17.7 Å². The molecule has 0 aliphatic carbocycles. The van der Waals surface area contributed by atoms with Gasteiger partial charge in [0.1, 0.15) is 0 Å². The van der Waals surface area contributed by atoms with Crippen LogP contribution in [0.3, 0.4) is 0 Å². The lowest BCUT2D eigenvalue weighted by molar-refractivity contribution is 0.479. The van der Waals surface area contributed by atoms with Crippen LogP contribution in [0, 0.1) is 13.8 Å². The molecule has 0 aromatic heterocycles. The van der Waals surface area contributed by atoms with Gasteiger partial charge in [0.15, 0.2) is 0 Å². The number of hydrogen-bond acceptors (Lipinski definition) is 2. The third kappa shape index (κ3) is 3.86. The summed E-state index contributed by atoms with van der Waals surface area (Å²) < 4.78 is 0. The molecule has 2 nitrogen and oxygen atoms in total. The molecule has 0 unspecified atom stereocenters. The summed E-state index contributed by atoms with van der Waals surface area (Å²) in [5.74, 6) is 0. The Morgan fingerprint density at radius 3 is 2.38 bits per heavy atom. The molecule has 2 N–H and O–H groups in total. The van der Waals surface area contributed by atoms with Gasteiger partial charge in [-0.05, 0) is 45.7 Å². The summed E-state index contributed by atoms with van der Waals surface area (Å²) in [5, 5.41) is 0. The van der Waals surface area contributed by atoms with Gasteiger partial charge >= 0.3 is 0 Å². The highest BCUT2D eigenvalue weighted by molar-refractivity contribution is 5.53. The number of rotatable bonds is 4. The molecule has 1 aromatic rings. The molecule has 0 radical (unpaired) electrons. The molecule has 90 valence electrons. The van der Waals surface area contributed by atoms with Crippen LogP contribution in [0.25, 0.3) is 0 Å². The largest absolute Gasteiger partial charge is 0.374 e. The maximum atomic E-state index is 6.00. The normalized spacial score (nSPS) is 11.6. The van der Waals surface area contributed by atoms with Crippen molar-refractivity contribution in [2.24, 2.45) is 5.73 Å². The highest BCUT2D eigenvalue weighted by Gasteiger charge is 2.12. The standard InChI is InChI=1S/C14H24N2/c1-11-6-7-13(12(2)10-11)16(5)9-8-14(3,4)15/h6-7,10H,8-9,15H2,1-5H3. The van der Waals surface area contributed by atoms with Gasteiger partial charge < -0.3 is 10.6 Å². The molecule has 1 rings (SSSR count). The number of aryl methyl sites for hydroxylation is 2. The topological polar surface area (TPSA) is 29.3 Å². The van der Waals surface area contributed by atoms with E-state index in [9.17, 15) is 0 Å². The Kier molecular flexibility index (Phi) is 3.98. The first kappa shape index (κ1) is 13.0. The number of benzene rings is 1. The van der Waals surface area contributed by atoms with Crippen LogP contribution in [0.4, 0.5) is 5.69 Å². The Balaban J connectivity index is 2.70. The molecule has 0 aliphatic rings. The average Bonchev–Trinajstić information content (AvgIpc) is 2.13. The van der Waals surface area contributed by atoms with Crippen LogP contribution in [0.15, 0.2) is 18.2 Å². The van der Waals surface area contributed by atoms with E-state index in [1.165, 1.54) is 16.8 Å². The molecule has 0 fully saturated rings. The van der Waals surface area contributed by atoms with Gasteiger partial charge in [0.2, 0.25) is 0 Å². The molecular weight excluding hydrogens is 196 g/mol. The minimum atomic E-state index is -0.0904. The molecule has 0 heterocycles. The smallest absolute Gasteiger partial charge is 0.0393 e. The molecule has 0 saturated heterocycles. The maximum absolute atomic E-state index is 6.00. The predicted octanol–water partition coefficient (Wildman–Crippen LogP) is 2.87. The van der Waals surface area contributed by atoms with Crippen molar-refractivity contribution >= 4 is 5.69 Å². The summed E-state index contributed by atoms with van der Waals surface area (Å²) in [6.45, 7) is 9.42. The molecule has 0 bridgehead atoms. The second-order valence-corrected chi connectivity index (χ2v) is 5.45. The van der Waals surface area contributed by atoms with Crippen LogP contribution >= 0.6 is 0 Å². The summed E-state index contributed by atoms with van der Waals surface area (Å²) in [5.41, 5.74) is 9.85. The van der Waals surface area contributed by atoms with E-state index in [2.05, 4.69) is 57.8 Å². The fourth-order valence-electron chi connectivity index (χ4n) is 1.81. The van der Waals surface area contributed by atoms with Crippen LogP contribution < -0.4 is 10.6 Å². The van der Waals surface area contributed by atoms with E-state index in [0.29, 0.717) is 0 Å². The zero-order chi connectivity index (χ0) is 12.3. The first-order valence-corrected chi connectivity index (χ1v) is 5.87. The highest BCUT2D eigenvalue weighted by atomic mass is 15.1. The Labute approximate surface area is 99.5 Å².